The summed E-state index contributed by atoms with van der Waals surface area (Å²) in [4.78, 5) is 29.6. The molecule has 1 aliphatic heterocycles. The minimum atomic E-state index is -0.277. The number of amides is 1. The van der Waals surface area contributed by atoms with E-state index >= 15 is 0 Å². The fourth-order valence-electron chi connectivity index (χ4n) is 3.54. The maximum Gasteiger partial charge on any atom is 0.307 e. The van der Waals surface area contributed by atoms with Crippen molar-refractivity contribution in [1.29, 1.82) is 0 Å². The Bertz CT molecular complexity index is 725. The lowest BCUT2D eigenvalue weighted by Crippen LogP contribution is -2.47. The van der Waals surface area contributed by atoms with Crippen LogP contribution in [0.5, 0.6) is 0 Å². The average Bonchev–Trinajstić information content (AvgIpc) is 3.24. The maximum atomic E-state index is 12.9. The molecule has 0 saturated carbocycles. The first-order valence-electron chi connectivity index (χ1n) is 9.35. The van der Waals surface area contributed by atoms with Crippen molar-refractivity contribution in [2.24, 2.45) is 0 Å². The van der Waals surface area contributed by atoms with Crippen molar-refractivity contribution in [2.75, 3.05) is 26.7 Å². The van der Waals surface area contributed by atoms with Crippen LogP contribution in [-0.4, -0.2) is 54.5 Å². The summed E-state index contributed by atoms with van der Waals surface area (Å²) in [6.07, 6.45) is 2.08. The van der Waals surface area contributed by atoms with Crippen molar-refractivity contribution < 1.29 is 14.3 Å². The Kier molecular flexibility index (Phi) is 7.01. The number of rotatable bonds is 7. The number of hydrogen-bond acceptors (Lipinski definition) is 5. The van der Waals surface area contributed by atoms with E-state index in [1.54, 1.807) is 0 Å². The molecule has 1 aromatic heterocycles. The summed E-state index contributed by atoms with van der Waals surface area (Å²) in [5.41, 5.74) is 1.31. The standard InChI is InChI=1S/C21H26N2O3S/c1-26-20(24)11-14-23(21(25)19-8-5-15-27-19)18-9-12-22(13-10-18)16-17-6-3-2-4-7-17/h2-8,15,18H,9-14,16H2,1H3. The molecule has 1 aliphatic rings. The van der Waals surface area contributed by atoms with Gasteiger partial charge in [0.25, 0.3) is 5.91 Å². The third-order valence-electron chi connectivity index (χ3n) is 5.02. The van der Waals surface area contributed by atoms with E-state index in [0.29, 0.717) is 6.54 Å². The second-order valence-electron chi connectivity index (χ2n) is 6.79. The highest BCUT2D eigenvalue weighted by Gasteiger charge is 2.29. The molecule has 1 fully saturated rings. The van der Waals surface area contributed by atoms with Gasteiger partial charge in [0, 0.05) is 32.2 Å². The van der Waals surface area contributed by atoms with Crippen LogP contribution in [0.1, 0.15) is 34.5 Å². The van der Waals surface area contributed by atoms with Gasteiger partial charge in [-0.3, -0.25) is 14.5 Å². The molecule has 3 rings (SSSR count). The van der Waals surface area contributed by atoms with Crippen molar-refractivity contribution in [2.45, 2.75) is 31.8 Å². The van der Waals surface area contributed by atoms with Gasteiger partial charge in [0.2, 0.25) is 0 Å². The summed E-state index contributed by atoms with van der Waals surface area (Å²) in [5, 5.41) is 1.91. The van der Waals surface area contributed by atoms with E-state index in [1.165, 1.54) is 24.0 Å². The Morgan fingerprint density at radius 2 is 1.89 bits per heavy atom. The molecule has 0 atom stereocenters. The van der Waals surface area contributed by atoms with Gasteiger partial charge in [0.05, 0.1) is 18.4 Å². The van der Waals surface area contributed by atoms with Crippen LogP contribution in [0.15, 0.2) is 47.8 Å². The smallest absolute Gasteiger partial charge is 0.307 e. The zero-order valence-electron chi connectivity index (χ0n) is 15.7. The first kappa shape index (κ1) is 19.6. The SMILES string of the molecule is COC(=O)CCN(C(=O)c1cccs1)C1CCN(Cc2ccccc2)CC1. The summed E-state index contributed by atoms with van der Waals surface area (Å²) in [7, 11) is 1.38. The number of ether oxygens (including phenoxy) is 1. The van der Waals surface area contributed by atoms with Crippen molar-refractivity contribution in [3.05, 3.63) is 58.3 Å². The third kappa shape index (κ3) is 5.40. The van der Waals surface area contributed by atoms with Crippen LogP contribution in [0.4, 0.5) is 0 Å². The highest BCUT2D eigenvalue weighted by Crippen LogP contribution is 2.22. The quantitative estimate of drug-likeness (QED) is 0.684. The first-order valence-corrected chi connectivity index (χ1v) is 10.2. The van der Waals surface area contributed by atoms with Crippen LogP contribution in [-0.2, 0) is 16.1 Å². The Balaban J connectivity index is 1.61. The molecule has 1 amide bonds. The van der Waals surface area contributed by atoms with E-state index in [2.05, 4.69) is 29.2 Å². The largest absolute Gasteiger partial charge is 0.469 e. The van der Waals surface area contributed by atoms with Crippen molar-refractivity contribution in [1.82, 2.24) is 9.80 Å². The number of carbonyl (C=O) groups is 2. The second-order valence-corrected chi connectivity index (χ2v) is 7.74. The number of methoxy groups -OCH3 is 1. The molecule has 0 spiro atoms. The maximum absolute atomic E-state index is 12.9. The van der Waals surface area contributed by atoms with Gasteiger partial charge in [-0.25, -0.2) is 0 Å². The van der Waals surface area contributed by atoms with Crippen molar-refractivity contribution in [3.63, 3.8) is 0 Å². The topological polar surface area (TPSA) is 49.9 Å². The molecule has 6 heteroatoms. The molecule has 27 heavy (non-hydrogen) atoms. The first-order chi connectivity index (χ1) is 13.2. The molecule has 0 N–H and O–H groups in total. The van der Waals surface area contributed by atoms with Crippen LogP contribution in [0.2, 0.25) is 0 Å². The van der Waals surface area contributed by atoms with Crippen LogP contribution in [0.3, 0.4) is 0 Å². The fourth-order valence-corrected chi connectivity index (χ4v) is 4.22. The number of hydrogen-bond donors (Lipinski definition) is 0. The number of carbonyl (C=O) groups excluding carboxylic acids is 2. The zero-order chi connectivity index (χ0) is 19.1. The average molecular weight is 387 g/mol. The van der Waals surface area contributed by atoms with E-state index in [-0.39, 0.29) is 24.3 Å². The summed E-state index contributed by atoms with van der Waals surface area (Å²) >= 11 is 1.45. The molecule has 0 unspecified atom stereocenters. The lowest BCUT2D eigenvalue weighted by molar-refractivity contribution is -0.140. The van der Waals surface area contributed by atoms with Gasteiger partial charge in [0.15, 0.2) is 0 Å². The Morgan fingerprint density at radius 1 is 1.15 bits per heavy atom. The van der Waals surface area contributed by atoms with Crippen molar-refractivity contribution in [3.8, 4) is 0 Å². The molecule has 5 nitrogen and oxygen atoms in total. The highest BCUT2D eigenvalue weighted by molar-refractivity contribution is 7.12. The Hall–Kier alpha value is -2.18. The van der Waals surface area contributed by atoms with E-state index in [1.807, 2.05) is 28.5 Å². The third-order valence-corrected chi connectivity index (χ3v) is 5.88. The van der Waals surface area contributed by atoms with Gasteiger partial charge in [-0.05, 0) is 29.9 Å². The molecule has 1 aromatic carbocycles. The molecular weight excluding hydrogens is 360 g/mol. The highest BCUT2D eigenvalue weighted by atomic mass is 32.1. The number of piperidine rings is 1. The fraction of sp³-hybridized carbons (Fsp3) is 0.429. The molecule has 0 bridgehead atoms. The lowest BCUT2D eigenvalue weighted by Gasteiger charge is -2.38. The van der Waals surface area contributed by atoms with Gasteiger partial charge in [-0.2, -0.15) is 0 Å². The lowest BCUT2D eigenvalue weighted by atomic mass is 10.0. The molecule has 1 saturated heterocycles. The van der Waals surface area contributed by atoms with Gasteiger partial charge >= 0.3 is 5.97 Å². The summed E-state index contributed by atoms with van der Waals surface area (Å²) in [6.45, 7) is 3.25. The predicted molar refractivity (Wildman–Crippen MR) is 107 cm³/mol. The Morgan fingerprint density at radius 3 is 2.52 bits per heavy atom. The number of esters is 1. The zero-order valence-corrected chi connectivity index (χ0v) is 16.5. The number of benzene rings is 1. The van der Waals surface area contributed by atoms with E-state index in [9.17, 15) is 9.59 Å². The van der Waals surface area contributed by atoms with Crippen LogP contribution in [0.25, 0.3) is 0 Å². The normalized spacial score (nSPS) is 15.4. The van der Waals surface area contributed by atoms with Crippen LogP contribution >= 0.6 is 11.3 Å². The van der Waals surface area contributed by atoms with Crippen LogP contribution < -0.4 is 0 Å². The summed E-state index contributed by atoms with van der Waals surface area (Å²) in [5.74, 6) is -0.254. The van der Waals surface area contributed by atoms with Crippen molar-refractivity contribution >= 4 is 23.2 Å². The van der Waals surface area contributed by atoms with Gasteiger partial charge < -0.3 is 9.64 Å². The molecule has 2 aromatic rings. The molecule has 144 valence electrons. The molecule has 0 aliphatic carbocycles. The van der Waals surface area contributed by atoms with E-state index < -0.39 is 0 Å². The molecule has 2 heterocycles. The van der Waals surface area contributed by atoms with Crippen LogP contribution in [0, 0.1) is 0 Å². The van der Waals surface area contributed by atoms with Gasteiger partial charge in [0.1, 0.15) is 0 Å². The monoisotopic (exact) mass is 386 g/mol. The van der Waals surface area contributed by atoms with E-state index in [0.717, 1.165) is 37.4 Å². The predicted octanol–water partition coefficient (Wildman–Crippen LogP) is 3.42. The number of thiophene rings is 1. The number of nitrogens with zero attached hydrogens (tertiary/aromatic N) is 2. The van der Waals surface area contributed by atoms with E-state index in [4.69, 9.17) is 4.74 Å². The summed E-state index contributed by atoms with van der Waals surface area (Å²) in [6, 6.07) is 14.4. The minimum absolute atomic E-state index is 0.0235. The molecular formula is C21H26N2O3S. The summed E-state index contributed by atoms with van der Waals surface area (Å²) < 4.78 is 4.76. The number of likely N-dealkylation sites (tertiary alicyclic amines) is 1. The Labute approximate surface area is 164 Å². The molecule has 0 radical (unpaired) electrons. The minimum Gasteiger partial charge on any atom is -0.469 e. The van der Waals surface area contributed by atoms with Gasteiger partial charge in [-0.15, -0.1) is 11.3 Å². The second kappa shape index (κ2) is 9.67. The van der Waals surface area contributed by atoms with Gasteiger partial charge in [-0.1, -0.05) is 36.4 Å².